The number of ether oxygens (including phenoxy) is 1. The first-order valence-corrected chi connectivity index (χ1v) is 7.13. The third-order valence-corrected chi connectivity index (χ3v) is 4.61. The van der Waals surface area contributed by atoms with Gasteiger partial charge in [-0.15, -0.1) is 11.3 Å². The molecule has 1 amide bonds. The van der Waals surface area contributed by atoms with Crippen LogP contribution in [-0.4, -0.2) is 35.8 Å². The number of amides is 1. The van der Waals surface area contributed by atoms with Gasteiger partial charge in [-0.3, -0.25) is 0 Å². The molecule has 5 heteroatoms. The Labute approximate surface area is 111 Å². The van der Waals surface area contributed by atoms with Crippen molar-refractivity contribution in [2.45, 2.75) is 32.3 Å². The van der Waals surface area contributed by atoms with Crippen LogP contribution < -0.4 is 0 Å². The Balaban J connectivity index is 2.02. The van der Waals surface area contributed by atoms with E-state index in [0.717, 1.165) is 10.4 Å². The number of aryl methyl sites for hydroxylation is 1. The molecular formula is C13H19NO3S. The van der Waals surface area contributed by atoms with Crippen LogP contribution in [0.3, 0.4) is 0 Å². The molecule has 1 aliphatic heterocycles. The van der Waals surface area contributed by atoms with Gasteiger partial charge in [-0.05, 0) is 43.7 Å². The largest absolute Gasteiger partial charge is 0.450 e. The molecule has 0 radical (unpaired) electrons. The predicted octanol–water partition coefficient (Wildman–Crippen LogP) is 2.50. The average molecular weight is 269 g/mol. The van der Waals surface area contributed by atoms with Crippen molar-refractivity contribution in [3.05, 3.63) is 21.9 Å². The summed E-state index contributed by atoms with van der Waals surface area (Å²) < 4.78 is 4.97. The molecule has 0 unspecified atom stereocenters. The zero-order valence-electron chi connectivity index (χ0n) is 10.8. The van der Waals surface area contributed by atoms with Crippen molar-refractivity contribution in [3.63, 3.8) is 0 Å². The molecule has 0 saturated carbocycles. The van der Waals surface area contributed by atoms with E-state index in [-0.39, 0.29) is 6.09 Å². The summed E-state index contributed by atoms with van der Waals surface area (Å²) >= 11 is 1.59. The average Bonchev–Trinajstić information content (AvgIpc) is 2.77. The van der Waals surface area contributed by atoms with Gasteiger partial charge >= 0.3 is 6.09 Å². The molecule has 0 aromatic carbocycles. The van der Waals surface area contributed by atoms with E-state index >= 15 is 0 Å². The van der Waals surface area contributed by atoms with E-state index in [1.54, 1.807) is 23.2 Å². The van der Waals surface area contributed by atoms with E-state index in [1.165, 1.54) is 0 Å². The molecule has 2 rings (SSSR count). The van der Waals surface area contributed by atoms with E-state index in [9.17, 15) is 9.90 Å². The fourth-order valence-electron chi connectivity index (χ4n) is 2.35. The summed E-state index contributed by atoms with van der Waals surface area (Å²) in [5.74, 6) is 0. The molecule has 0 bridgehead atoms. The Morgan fingerprint density at radius 3 is 2.72 bits per heavy atom. The summed E-state index contributed by atoms with van der Waals surface area (Å²) in [5.41, 5.74) is 0.355. The highest BCUT2D eigenvalue weighted by molar-refractivity contribution is 7.10. The van der Waals surface area contributed by atoms with Gasteiger partial charge in [0.05, 0.1) is 6.61 Å². The lowest BCUT2D eigenvalue weighted by Gasteiger charge is -2.37. The standard InChI is InChI=1S/C13H19NO3S/c1-3-17-12(15)14-7-5-13(16,6-8-14)11-10(2)4-9-18-11/h4,9,16H,3,5-8H2,1-2H3. The molecule has 0 aliphatic carbocycles. The number of carbonyl (C=O) groups is 1. The highest BCUT2D eigenvalue weighted by Gasteiger charge is 2.37. The summed E-state index contributed by atoms with van der Waals surface area (Å²) in [7, 11) is 0. The van der Waals surface area contributed by atoms with E-state index in [2.05, 4.69) is 0 Å². The van der Waals surface area contributed by atoms with Gasteiger partial charge < -0.3 is 14.7 Å². The molecule has 1 aromatic heterocycles. The summed E-state index contributed by atoms with van der Waals surface area (Å²) in [5, 5.41) is 12.7. The highest BCUT2D eigenvalue weighted by atomic mass is 32.1. The smallest absolute Gasteiger partial charge is 0.409 e. The van der Waals surface area contributed by atoms with E-state index < -0.39 is 5.60 Å². The van der Waals surface area contributed by atoms with Crippen molar-refractivity contribution in [3.8, 4) is 0 Å². The second-order valence-electron chi connectivity index (χ2n) is 4.65. The number of rotatable bonds is 2. The van der Waals surface area contributed by atoms with Gasteiger partial charge in [0, 0.05) is 18.0 Å². The van der Waals surface area contributed by atoms with Crippen LogP contribution >= 0.6 is 11.3 Å². The summed E-state index contributed by atoms with van der Waals surface area (Å²) in [6.07, 6.45) is 0.878. The lowest BCUT2D eigenvalue weighted by atomic mass is 9.88. The van der Waals surface area contributed by atoms with Gasteiger partial charge in [0.2, 0.25) is 0 Å². The minimum absolute atomic E-state index is 0.276. The molecule has 100 valence electrons. The van der Waals surface area contributed by atoms with Gasteiger partial charge in [0.25, 0.3) is 0 Å². The Kier molecular flexibility index (Phi) is 3.92. The number of carbonyl (C=O) groups excluding carboxylic acids is 1. The number of hydrogen-bond acceptors (Lipinski definition) is 4. The SMILES string of the molecule is CCOC(=O)N1CCC(O)(c2sccc2C)CC1. The van der Waals surface area contributed by atoms with Crippen LogP contribution in [0.4, 0.5) is 4.79 Å². The van der Waals surface area contributed by atoms with Crippen LogP contribution in [0.15, 0.2) is 11.4 Å². The second kappa shape index (κ2) is 5.28. The highest BCUT2D eigenvalue weighted by Crippen LogP contribution is 2.37. The Morgan fingerprint density at radius 2 is 2.22 bits per heavy atom. The van der Waals surface area contributed by atoms with Crippen LogP contribution in [0.25, 0.3) is 0 Å². The maximum atomic E-state index is 11.6. The van der Waals surface area contributed by atoms with E-state index in [0.29, 0.717) is 32.5 Å². The summed E-state index contributed by atoms with van der Waals surface area (Å²) in [6.45, 7) is 5.30. The molecule has 4 nitrogen and oxygen atoms in total. The number of hydrogen-bond donors (Lipinski definition) is 1. The monoisotopic (exact) mass is 269 g/mol. The first kappa shape index (κ1) is 13.4. The first-order chi connectivity index (χ1) is 8.57. The third-order valence-electron chi connectivity index (χ3n) is 3.40. The summed E-state index contributed by atoms with van der Waals surface area (Å²) in [6, 6.07) is 2.02. The normalized spacial score (nSPS) is 18.7. The first-order valence-electron chi connectivity index (χ1n) is 6.25. The molecule has 0 atom stereocenters. The Morgan fingerprint density at radius 1 is 1.56 bits per heavy atom. The third kappa shape index (κ3) is 2.52. The minimum Gasteiger partial charge on any atom is -0.450 e. The molecule has 2 heterocycles. The van der Waals surface area contributed by atoms with Crippen LogP contribution in [0.1, 0.15) is 30.2 Å². The molecule has 1 N–H and O–H groups in total. The van der Waals surface area contributed by atoms with Crippen LogP contribution in [0, 0.1) is 6.92 Å². The molecule has 0 spiro atoms. The number of likely N-dealkylation sites (tertiary alicyclic amines) is 1. The number of piperidine rings is 1. The number of thiophene rings is 1. The van der Waals surface area contributed by atoms with Crippen molar-refractivity contribution in [1.29, 1.82) is 0 Å². The molecule has 1 saturated heterocycles. The maximum Gasteiger partial charge on any atom is 0.409 e. The molecule has 1 aromatic rings. The second-order valence-corrected chi connectivity index (χ2v) is 5.57. The lowest BCUT2D eigenvalue weighted by Crippen LogP contribution is -2.45. The van der Waals surface area contributed by atoms with Crippen molar-refractivity contribution < 1.29 is 14.6 Å². The fourth-order valence-corrected chi connectivity index (χ4v) is 3.44. The predicted molar refractivity (Wildman–Crippen MR) is 70.8 cm³/mol. The quantitative estimate of drug-likeness (QED) is 0.897. The van der Waals surface area contributed by atoms with Gasteiger partial charge in [-0.25, -0.2) is 4.79 Å². The van der Waals surface area contributed by atoms with E-state index in [1.807, 2.05) is 18.4 Å². The van der Waals surface area contributed by atoms with Crippen molar-refractivity contribution in [2.75, 3.05) is 19.7 Å². The summed E-state index contributed by atoms with van der Waals surface area (Å²) in [4.78, 5) is 14.3. The number of aliphatic hydroxyl groups is 1. The van der Waals surface area contributed by atoms with Gasteiger partial charge in [0.15, 0.2) is 0 Å². The van der Waals surface area contributed by atoms with Gasteiger partial charge in [0.1, 0.15) is 5.60 Å². The topological polar surface area (TPSA) is 49.8 Å². The number of nitrogens with zero attached hydrogens (tertiary/aromatic N) is 1. The molecule has 1 aliphatic rings. The molecule has 1 fully saturated rings. The van der Waals surface area contributed by atoms with Crippen molar-refractivity contribution in [1.82, 2.24) is 4.90 Å². The zero-order valence-corrected chi connectivity index (χ0v) is 11.6. The minimum atomic E-state index is -0.777. The van der Waals surface area contributed by atoms with Crippen molar-refractivity contribution >= 4 is 17.4 Å². The maximum absolute atomic E-state index is 11.6. The molecule has 18 heavy (non-hydrogen) atoms. The lowest BCUT2D eigenvalue weighted by molar-refractivity contribution is -0.0220. The van der Waals surface area contributed by atoms with Crippen LogP contribution in [0.5, 0.6) is 0 Å². The Hall–Kier alpha value is -1.07. The van der Waals surface area contributed by atoms with E-state index in [4.69, 9.17) is 4.74 Å². The fraction of sp³-hybridized carbons (Fsp3) is 0.615. The molecular weight excluding hydrogens is 250 g/mol. The van der Waals surface area contributed by atoms with Gasteiger partial charge in [-0.1, -0.05) is 0 Å². The Bertz CT molecular complexity index is 422. The van der Waals surface area contributed by atoms with Crippen LogP contribution in [0.2, 0.25) is 0 Å². The zero-order chi connectivity index (χ0) is 13.2. The van der Waals surface area contributed by atoms with Crippen molar-refractivity contribution in [2.24, 2.45) is 0 Å². The van der Waals surface area contributed by atoms with Crippen LogP contribution in [-0.2, 0) is 10.3 Å². The van der Waals surface area contributed by atoms with Gasteiger partial charge in [-0.2, -0.15) is 0 Å².